The van der Waals surface area contributed by atoms with Crippen LogP contribution in [0.25, 0.3) is 11.1 Å². The molecule has 0 radical (unpaired) electrons. The minimum absolute atomic E-state index is 0.369. The molecule has 2 rings (SSSR count). The van der Waals surface area contributed by atoms with Gasteiger partial charge in [-0.2, -0.15) is 0 Å². The lowest BCUT2D eigenvalue weighted by atomic mass is 10.0. The third-order valence-electron chi connectivity index (χ3n) is 2.38. The molecule has 14 heavy (non-hydrogen) atoms. The van der Waals surface area contributed by atoms with Crippen molar-refractivity contribution in [2.75, 3.05) is 0 Å². The number of phenolic OH excluding ortho intramolecular Hbond substituents is 1. The third kappa shape index (κ3) is 1.53. The summed E-state index contributed by atoms with van der Waals surface area (Å²) in [5, 5.41) is 11.7. The molecule has 1 N–H and O–H groups in total. The van der Waals surface area contributed by atoms with Gasteiger partial charge in [0.05, 0.1) is 0 Å². The summed E-state index contributed by atoms with van der Waals surface area (Å²) in [5.41, 5.74) is 3.22. The number of rotatable bonds is 1. The summed E-state index contributed by atoms with van der Waals surface area (Å²) in [7, 11) is 0. The molecule has 0 aliphatic rings. The first-order valence-electron chi connectivity index (χ1n) is 4.52. The molecule has 2 aromatic rings. The summed E-state index contributed by atoms with van der Waals surface area (Å²) in [6, 6.07) is 7.90. The fraction of sp³-hybridized carbons (Fsp3) is 0.167. The Bertz CT molecular complexity index is 457. The summed E-state index contributed by atoms with van der Waals surface area (Å²) in [6.07, 6.45) is 0. The second-order valence-corrected chi connectivity index (χ2v) is 4.51. The van der Waals surface area contributed by atoms with Crippen molar-refractivity contribution in [1.82, 2.24) is 0 Å². The number of phenols is 1. The summed E-state index contributed by atoms with van der Waals surface area (Å²) < 4.78 is 0. The monoisotopic (exact) mass is 204 g/mol. The Morgan fingerprint density at radius 1 is 1.14 bits per heavy atom. The van der Waals surface area contributed by atoms with Gasteiger partial charge in [-0.05, 0) is 48.1 Å². The number of aryl methyl sites for hydroxylation is 2. The second kappa shape index (κ2) is 3.46. The van der Waals surface area contributed by atoms with E-state index in [9.17, 15) is 5.11 Å². The summed E-state index contributed by atoms with van der Waals surface area (Å²) >= 11 is 1.73. The average Bonchev–Trinajstić information content (AvgIpc) is 2.57. The molecule has 0 saturated heterocycles. The van der Waals surface area contributed by atoms with E-state index < -0.39 is 0 Å². The van der Waals surface area contributed by atoms with E-state index in [-0.39, 0.29) is 0 Å². The number of benzene rings is 1. The molecule has 2 heteroatoms. The molecule has 72 valence electrons. The van der Waals surface area contributed by atoms with Crippen LogP contribution in [-0.2, 0) is 0 Å². The zero-order chi connectivity index (χ0) is 10.1. The Morgan fingerprint density at radius 2 is 1.93 bits per heavy atom. The van der Waals surface area contributed by atoms with E-state index in [1.54, 1.807) is 11.3 Å². The van der Waals surface area contributed by atoms with E-state index in [0.717, 1.165) is 11.1 Å². The molecule has 1 aromatic carbocycles. The van der Waals surface area contributed by atoms with Gasteiger partial charge in [0.15, 0.2) is 0 Å². The molecule has 0 spiro atoms. The van der Waals surface area contributed by atoms with Gasteiger partial charge in [0.2, 0.25) is 0 Å². The summed E-state index contributed by atoms with van der Waals surface area (Å²) in [4.78, 5) is 1.29. The fourth-order valence-electron chi connectivity index (χ4n) is 1.46. The van der Waals surface area contributed by atoms with E-state index in [2.05, 4.69) is 18.4 Å². The lowest BCUT2D eigenvalue weighted by Crippen LogP contribution is -1.79. The maximum atomic E-state index is 9.59. The van der Waals surface area contributed by atoms with Crippen molar-refractivity contribution in [1.29, 1.82) is 0 Å². The highest BCUT2D eigenvalue weighted by molar-refractivity contribution is 7.10. The van der Waals surface area contributed by atoms with Gasteiger partial charge in [0, 0.05) is 4.88 Å². The van der Waals surface area contributed by atoms with E-state index in [0.29, 0.717) is 5.75 Å². The molecule has 0 amide bonds. The van der Waals surface area contributed by atoms with Crippen molar-refractivity contribution in [3.63, 3.8) is 0 Å². The SMILES string of the molecule is Cc1ccc(-c2ccsc2C)cc1O. The van der Waals surface area contributed by atoms with Gasteiger partial charge in [-0.3, -0.25) is 0 Å². The van der Waals surface area contributed by atoms with Crippen LogP contribution in [0.5, 0.6) is 5.75 Å². The van der Waals surface area contributed by atoms with Gasteiger partial charge >= 0.3 is 0 Å². The standard InChI is InChI=1S/C12H12OS/c1-8-3-4-10(7-12(8)13)11-5-6-14-9(11)2/h3-7,13H,1-2H3. The zero-order valence-electron chi connectivity index (χ0n) is 8.24. The highest BCUT2D eigenvalue weighted by atomic mass is 32.1. The minimum atomic E-state index is 0.369. The van der Waals surface area contributed by atoms with Crippen LogP contribution in [0.1, 0.15) is 10.4 Å². The van der Waals surface area contributed by atoms with Gasteiger partial charge in [-0.15, -0.1) is 11.3 Å². The third-order valence-corrected chi connectivity index (χ3v) is 3.22. The predicted octanol–water partition coefficient (Wildman–Crippen LogP) is 3.74. The number of thiophene rings is 1. The maximum absolute atomic E-state index is 9.59. The molecule has 0 aliphatic carbocycles. The molecular formula is C12H12OS. The van der Waals surface area contributed by atoms with Crippen LogP contribution >= 0.6 is 11.3 Å². The average molecular weight is 204 g/mol. The van der Waals surface area contributed by atoms with E-state index in [4.69, 9.17) is 0 Å². The quantitative estimate of drug-likeness (QED) is 0.750. The first-order valence-corrected chi connectivity index (χ1v) is 5.40. The Balaban J connectivity index is 2.53. The predicted molar refractivity (Wildman–Crippen MR) is 60.9 cm³/mol. The zero-order valence-corrected chi connectivity index (χ0v) is 9.06. The van der Waals surface area contributed by atoms with Crippen LogP contribution in [0.4, 0.5) is 0 Å². The topological polar surface area (TPSA) is 20.2 Å². The van der Waals surface area contributed by atoms with Crippen LogP contribution in [-0.4, -0.2) is 5.11 Å². The Labute approximate surface area is 87.7 Å². The van der Waals surface area contributed by atoms with Gasteiger partial charge in [-0.1, -0.05) is 12.1 Å². The lowest BCUT2D eigenvalue weighted by molar-refractivity contribution is 0.471. The fourth-order valence-corrected chi connectivity index (χ4v) is 2.18. The molecule has 1 aromatic heterocycles. The Hall–Kier alpha value is -1.28. The summed E-state index contributed by atoms with van der Waals surface area (Å²) in [6.45, 7) is 4.00. The van der Waals surface area contributed by atoms with Crippen molar-refractivity contribution in [3.05, 3.63) is 40.1 Å². The molecule has 0 atom stereocenters. The van der Waals surface area contributed by atoms with Gasteiger partial charge in [0.25, 0.3) is 0 Å². The van der Waals surface area contributed by atoms with E-state index >= 15 is 0 Å². The largest absolute Gasteiger partial charge is 0.508 e. The molecule has 0 unspecified atom stereocenters. The number of hydrogen-bond acceptors (Lipinski definition) is 2. The van der Waals surface area contributed by atoms with Crippen molar-refractivity contribution in [2.45, 2.75) is 13.8 Å². The van der Waals surface area contributed by atoms with Crippen molar-refractivity contribution in [3.8, 4) is 16.9 Å². The van der Waals surface area contributed by atoms with Crippen LogP contribution in [0.15, 0.2) is 29.6 Å². The molecule has 0 saturated carbocycles. The second-order valence-electron chi connectivity index (χ2n) is 3.39. The number of aromatic hydroxyl groups is 1. The first kappa shape index (κ1) is 9.28. The molecular weight excluding hydrogens is 192 g/mol. The first-order chi connectivity index (χ1) is 6.68. The Morgan fingerprint density at radius 3 is 2.50 bits per heavy atom. The molecule has 1 heterocycles. The smallest absolute Gasteiger partial charge is 0.119 e. The van der Waals surface area contributed by atoms with Crippen molar-refractivity contribution >= 4 is 11.3 Å². The highest BCUT2D eigenvalue weighted by Gasteiger charge is 2.04. The molecule has 0 fully saturated rings. The maximum Gasteiger partial charge on any atom is 0.119 e. The van der Waals surface area contributed by atoms with Crippen LogP contribution in [0, 0.1) is 13.8 Å². The molecule has 1 nitrogen and oxygen atoms in total. The van der Waals surface area contributed by atoms with Gasteiger partial charge in [0.1, 0.15) is 5.75 Å². The van der Waals surface area contributed by atoms with Gasteiger partial charge in [-0.25, -0.2) is 0 Å². The summed E-state index contributed by atoms with van der Waals surface area (Å²) in [5.74, 6) is 0.369. The van der Waals surface area contributed by atoms with Crippen molar-refractivity contribution in [2.24, 2.45) is 0 Å². The molecule has 0 bridgehead atoms. The minimum Gasteiger partial charge on any atom is -0.508 e. The van der Waals surface area contributed by atoms with Gasteiger partial charge < -0.3 is 5.11 Å². The van der Waals surface area contributed by atoms with E-state index in [1.807, 2.05) is 25.1 Å². The van der Waals surface area contributed by atoms with E-state index in [1.165, 1.54) is 10.4 Å². The number of hydrogen-bond donors (Lipinski definition) is 1. The lowest BCUT2D eigenvalue weighted by Gasteiger charge is -2.03. The van der Waals surface area contributed by atoms with Crippen LogP contribution in [0.3, 0.4) is 0 Å². The normalized spacial score (nSPS) is 10.4. The van der Waals surface area contributed by atoms with Crippen molar-refractivity contribution < 1.29 is 5.11 Å². The molecule has 0 aliphatic heterocycles. The Kier molecular flexibility index (Phi) is 2.30. The highest BCUT2D eigenvalue weighted by Crippen LogP contribution is 2.30. The van der Waals surface area contributed by atoms with Crippen LogP contribution in [0.2, 0.25) is 0 Å². The van der Waals surface area contributed by atoms with Crippen LogP contribution < -0.4 is 0 Å².